The number of aromatic nitrogens is 3. The van der Waals surface area contributed by atoms with Crippen molar-refractivity contribution in [1.29, 1.82) is 0 Å². The van der Waals surface area contributed by atoms with Crippen molar-refractivity contribution in [2.75, 3.05) is 5.32 Å². The summed E-state index contributed by atoms with van der Waals surface area (Å²) in [7, 11) is 0. The Balaban J connectivity index is 0.000000286. The van der Waals surface area contributed by atoms with Crippen molar-refractivity contribution < 1.29 is 13.7 Å². The molecule has 0 spiro atoms. The van der Waals surface area contributed by atoms with Crippen LogP contribution in [0.2, 0.25) is 15.1 Å². The third kappa shape index (κ3) is 5.88. The number of primary amides is 1. The first-order chi connectivity index (χ1) is 17.2. The number of carbonyl (C=O) groups excluding carboxylic acids is 1. The molecule has 12 heteroatoms. The van der Waals surface area contributed by atoms with Crippen LogP contribution in [0.25, 0.3) is 22.2 Å². The molecule has 0 atom stereocenters. The first-order valence-corrected chi connectivity index (χ1v) is 11.4. The number of halogens is 4. The van der Waals surface area contributed by atoms with Crippen molar-refractivity contribution in [1.82, 2.24) is 15.1 Å². The van der Waals surface area contributed by atoms with E-state index in [1.54, 1.807) is 24.3 Å². The van der Waals surface area contributed by atoms with Crippen molar-refractivity contribution in [2.45, 2.75) is 6.54 Å². The summed E-state index contributed by atoms with van der Waals surface area (Å²) in [5.41, 5.74) is 7.73. The maximum absolute atomic E-state index is 14.6. The lowest BCUT2D eigenvalue weighted by Gasteiger charge is -2.10. The van der Waals surface area contributed by atoms with E-state index in [0.717, 1.165) is 17.1 Å². The van der Waals surface area contributed by atoms with E-state index >= 15 is 0 Å². The quantitative estimate of drug-likeness (QED) is 0.200. The molecule has 0 aliphatic carbocycles. The number of aromatic amines is 2. The Labute approximate surface area is 218 Å². The summed E-state index contributed by atoms with van der Waals surface area (Å²) >= 11 is 18.3. The van der Waals surface area contributed by atoms with Gasteiger partial charge in [-0.15, -0.1) is 0 Å². The standard InChI is InChI=1S/C20H13Cl3FN3.C4H4N2O3/c21-13-8-14(19(23)15(22)9-13)11-5-6-12(16(24)7-11)10-25-20-26-17-3-1-2-4-18(17)27-20;5-4(8)2-1-3(7)6-9-2/h1-9H,10H2,(H2,25,26,27);1H,(H2,5,8)(H,6,7). The zero-order valence-corrected chi connectivity index (χ0v) is 20.5. The number of nitrogens with two attached hydrogens (primary N) is 1. The minimum atomic E-state index is -0.756. The molecular formula is C24H17Cl3FN5O3. The lowest BCUT2D eigenvalue weighted by molar-refractivity contribution is 0.0965. The van der Waals surface area contributed by atoms with Gasteiger partial charge in [-0.05, 0) is 35.9 Å². The summed E-state index contributed by atoms with van der Waals surface area (Å²) in [6.45, 7) is 0.288. The van der Waals surface area contributed by atoms with Gasteiger partial charge in [0.25, 0.3) is 11.5 Å². The van der Waals surface area contributed by atoms with E-state index in [0.29, 0.717) is 37.7 Å². The molecule has 5 aromatic rings. The number of H-pyrrole nitrogens is 2. The molecule has 3 aromatic carbocycles. The maximum atomic E-state index is 14.6. The fourth-order valence-electron chi connectivity index (χ4n) is 3.24. The second kappa shape index (κ2) is 10.9. The van der Waals surface area contributed by atoms with Crippen molar-refractivity contribution in [2.24, 2.45) is 5.73 Å². The van der Waals surface area contributed by atoms with Gasteiger partial charge >= 0.3 is 0 Å². The normalized spacial score (nSPS) is 10.7. The second-order valence-corrected chi connectivity index (χ2v) is 8.67. The van der Waals surface area contributed by atoms with Crippen LogP contribution in [0, 0.1) is 5.82 Å². The van der Waals surface area contributed by atoms with Crippen LogP contribution in [-0.2, 0) is 6.54 Å². The average Bonchev–Trinajstić information content (AvgIpc) is 3.47. The highest BCUT2D eigenvalue weighted by Crippen LogP contribution is 2.37. The van der Waals surface area contributed by atoms with Crippen molar-refractivity contribution in [3.8, 4) is 11.1 Å². The minimum Gasteiger partial charge on any atom is -0.373 e. The van der Waals surface area contributed by atoms with Crippen molar-refractivity contribution >= 4 is 57.7 Å². The Hall–Kier alpha value is -3.79. The number of hydrogen-bond donors (Lipinski definition) is 4. The lowest BCUT2D eigenvalue weighted by atomic mass is 10.0. The molecule has 0 saturated carbocycles. The summed E-state index contributed by atoms with van der Waals surface area (Å²) in [6, 6.07) is 16.8. The Morgan fingerprint density at radius 2 is 1.86 bits per heavy atom. The topological polar surface area (TPSA) is 130 Å². The van der Waals surface area contributed by atoms with E-state index in [1.807, 2.05) is 29.4 Å². The number of fused-ring (bicyclic) bond motifs is 1. The molecule has 2 aromatic heterocycles. The van der Waals surface area contributed by atoms with E-state index in [4.69, 9.17) is 40.5 Å². The molecule has 0 aliphatic heterocycles. The molecule has 184 valence electrons. The number of imidazole rings is 1. The first kappa shape index (κ1) is 25.3. The molecule has 0 saturated heterocycles. The first-order valence-electron chi connectivity index (χ1n) is 10.3. The van der Waals surface area contributed by atoms with E-state index in [9.17, 15) is 14.0 Å². The van der Waals surface area contributed by atoms with Crippen LogP contribution >= 0.6 is 34.8 Å². The lowest BCUT2D eigenvalue weighted by Crippen LogP contribution is -2.09. The maximum Gasteiger partial charge on any atom is 0.287 e. The van der Waals surface area contributed by atoms with E-state index in [-0.39, 0.29) is 18.1 Å². The van der Waals surface area contributed by atoms with Gasteiger partial charge < -0.3 is 20.6 Å². The fourth-order valence-corrected chi connectivity index (χ4v) is 3.96. The highest BCUT2D eigenvalue weighted by molar-refractivity contribution is 6.45. The number of benzene rings is 3. The van der Waals surface area contributed by atoms with E-state index < -0.39 is 11.5 Å². The number of para-hydroxylation sites is 2. The van der Waals surface area contributed by atoms with Gasteiger partial charge in [0.05, 0.1) is 27.1 Å². The molecule has 0 aliphatic rings. The van der Waals surface area contributed by atoms with Crippen LogP contribution in [0.5, 0.6) is 0 Å². The molecule has 0 radical (unpaired) electrons. The number of rotatable bonds is 5. The molecule has 36 heavy (non-hydrogen) atoms. The number of hydrogen-bond acceptors (Lipinski definition) is 5. The molecular weight excluding hydrogens is 532 g/mol. The zero-order chi connectivity index (χ0) is 25.8. The fraction of sp³-hybridized carbons (Fsp3) is 0.0417. The molecule has 5 rings (SSSR count). The Morgan fingerprint density at radius 1 is 1.08 bits per heavy atom. The van der Waals surface area contributed by atoms with Gasteiger partial charge in [-0.25, -0.2) is 9.37 Å². The van der Waals surface area contributed by atoms with Gasteiger partial charge in [-0.1, -0.05) is 59.1 Å². The Kier molecular flexibility index (Phi) is 7.64. The molecule has 1 amide bonds. The van der Waals surface area contributed by atoms with Crippen LogP contribution in [0.15, 0.2) is 70.0 Å². The number of amides is 1. The SMILES string of the molecule is Fc1cc(-c2cc(Cl)cc(Cl)c2Cl)ccc1CNc1nc2ccccc2[nH]1.NC(=O)c1cc(=O)[nH]o1. The number of nitrogens with zero attached hydrogens (tertiary/aromatic N) is 1. The molecule has 0 bridgehead atoms. The summed E-state index contributed by atoms with van der Waals surface area (Å²) in [4.78, 5) is 28.0. The summed E-state index contributed by atoms with van der Waals surface area (Å²) in [5, 5.41) is 6.13. The predicted octanol–water partition coefficient (Wildman–Crippen LogP) is 6.01. The smallest absolute Gasteiger partial charge is 0.287 e. The predicted molar refractivity (Wildman–Crippen MR) is 138 cm³/mol. The average molecular weight is 549 g/mol. The zero-order valence-electron chi connectivity index (χ0n) is 18.2. The summed E-state index contributed by atoms with van der Waals surface area (Å²) in [5.74, 6) is -0.680. The molecule has 2 heterocycles. The third-order valence-corrected chi connectivity index (χ3v) is 5.98. The Bertz CT molecular complexity index is 1580. The van der Waals surface area contributed by atoms with Gasteiger partial charge in [-0.2, -0.15) is 5.16 Å². The minimum absolute atomic E-state index is 0.153. The van der Waals surface area contributed by atoms with Crippen LogP contribution in [-0.4, -0.2) is 21.0 Å². The molecule has 8 nitrogen and oxygen atoms in total. The van der Waals surface area contributed by atoms with Gasteiger partial charge in [0.15, 0.2) is 0 Å². The molecule has 5 N–H and O–H groups in total. The van der Waals surface area contributed by atoms with Crippen LogP contribution < -0.4 is 16.6 Å². The molecule has 0 fully saturated rings. The second-order valence-electron chi connectivity index (χ2n) is 7.45. The van der Waals surface area contributed by atoms with Gasteiger partial charge in [0, 0.05) is 22.7 Å². The van der Waals surface area contributed by atoms with E-state index in [2.05, 4.69) is 19.8 Å². The summed E-state index contributed by atoms with van der Waals surface area (Å²) < 4.78 is 18.9. The third-order valence-electron chi connectivity index (χ3n) is 4.96. The number of carbonyl (C=O) groups is 1. The highest BCUT2D eigenvalue weighted by atomic mass is 35.5. The van der Waals surface area contributed by atoms with Crippen molar-refractivity contribution in [3.05, 3.63) is 103 Å². The van der Waals surface area contributed by atoms with Crippen LogP contribution in [0.3, 0.4) is 0 Å². The van der Waals surface area contributed by atoms with Crippen LogP contribution in [0.1, 0.15) is 16.1 Å². The monoisotopic (exact) mass is 547 g/mol. The van der Waals surface area contributed by atoms with Crippen molar-refractivity contribution in [3.63, 3.8) is 0 Å². The number of nitrogens with one attached hydrogen (secondary N) is 3. The number of anilines is 1. The summed E-state index contributed by atoms with van der Waals surface area (Å²) in [6.07, 6.45) is 0. The van der Waals surface area contributed by atoms with Gasteiger partial charge in [0.2, 0.25) is 11.7 Å². The Morgan fingerprint density at radius 3 is 2.50 bits per heavy atom. The van der Waals surface area contributed by atoms with Crippen LogP contribution in [0.4, 0.5) is 10.3 Å². The highest BCUT2D eigenvalue weighted by Gasteiger charge is 2.12. The van der Waals surface area contributed by atoms with E-state index in [1.165, 1.54) is 6.07 Å². The van der Waals surface area contributed by atoms with Gasteiger partial charge in [0.1, 0.15) is 5.82 Å². The molecule has 0 unspecified atom stereocenters. The largest absolute Gasteiger partial charge is 0.373 e. The van der Waals surface area contributed by atoms with Gasteiger partial charge in [-0.3, -0.25) is 9.59 Å².